The molecule has 1 fully saturated rings. The van der Waals surface area contributed by atoms with Crippen molar-refractivity contribution < 1.29 is 4.74 Å². The number of hydrogen-bond acceptors (Lipinski definition) is 7. The highest BCUT2D eigenvalue weighted by molar-refractivity contribution is 5.95. The summed E-state index contributed by atoms with van der Waals surface area (Å²) in [5.41, 5.74) is 4.32. The second kappa shape index (κ2) is 9.63. The molecular weight excluding hydrogens is 454 g/mol. The van der Waals surface area contributed by atoms with Gasteiger partial charge in [0.15, 0.2) is 0 Å². The zero-order valence-corrected chi connectivity index (χ0v) is 19.6. The highest BCUT2D eigenvalue weighted by Gasteiger charge is 2.14. The van der Waals surface area contributed by atoms with E-state index in [4.69, 9.17) is 9.72 Å². The lowest BCUT2D eigenvalue weighted by Gasteiger charge is -2.28. The second-order valence-corrected chi connectivity index (χ2v) is 8.65. The number of benzene rings is 1. The lowest BCUT2D eigenvalue weighted by molar-refractivity contribution is 0.122. The predicted molar refractivity (Wildman–Crippen MR) is 140 cm³/mol. The Morgan fingerprint density at radius 3 is 2.72 bits per heavy atom. The molecule has 0 aliphatic carbocycles. The number of rotatable bonds is 6. The van der Waals surface area contributed by atoms with Gasteiger partial charge in [-0.25, -0.2) is 4.98 Å². The third-order valence-corrected chi connectivity index (χ3v) is 6.24. The van der Waals surface area contributed by atoms with Crippen molar-refractivity contribution >= 4 is 28.0 Å². The van der Waals surface area contributed by atoms with Gasteiger partial charge >= 0.3 is 0 Å². The highest BCUT2D eigenvalue weighted by Crippen LogP contribution is 2.28. The van der Waals surface area contributed by atoms with Gasteiger partial charge in [0.1, 0.15) is 5.82 Å². The number of aromatic amines is 1. The SMILES string of the molecule is O=c1[nH]ccc2cc(-c3cnn(Cc4ccccn4)c3)nc(Nc3ccc(N4CCOCC4)cc3)c12. The van der Waals surface area contributed by atoms with Crippen LogP contribution in [-0.4, -0.2) is 51.0 Å². The Morgan fingerprint density at radius 1 is 1.06 bits per heavy atom. The molecule has 0 unspecified atom stereocenters. The molecule has 2 N–H and O–H groups in total. The number of anilines is 3. The number of hydrogen-bond donors (Lipinski definition) is 2. The molecule has 1 saturated heterocycles. The quantitative estimate of drug-likeness (QED) is 0.382. The third-order valence-electron chi connectivity index (χ3n) is 6.24. The van der Waals surface area contributed by atoms with Gasteiger partial charge in [0.25, 0.3) is 5.56 Å². The summed E-state index contributed by atoms with van der Waals surface area (Å²) in [7, 11) is 0. The van der Waals surface area contributed by atoms with Crippen molar-refractivity contribution in [1.29, 1.82) is 0 Å². The van der Waals surface area contributed by atoms with E-state index in [-0.39, 0.29) is 5.56 Å². The van der Waals surface area contributed by atoms with E-state index in [2.05, 4.69) is 37.4 Å². The monoisotopic (exact) mass is 479 g/mol. The summed E-state index contributed by atoms with van der Waals surface area (Å²) in [5.74, 6) is 0.501. The van der Waals surface area contributed by atoms with Gasteiger partial charge in [0, 0.05) is 48.6 Å². The van der Waals surface area contributed by atoms with E-state index in [0.29, 0.717) is 17.7 Å². The van der Waals surface area contributed by atoms with E-state index >= 15 is 0 Å². The summed E-state index contributed by atoms with van der Waals surface area (Å²) < 4.78 is 7.28. The molecular formula is C27H25N7O2. The number of H-pyrrole nitrogens is 1. The lowest BCUT2D eigenvalue weighted by Crippen LogP contribution is -2.36. The van der Waals surface area contributed by atoms with E-state index in [1.54, 1.807) is 18.6 Å². The summed E-state index contributed by atoms with van der Waals surface area (Å²) >= 11 is 0. The van der Waals surface area contributed by atoms with Crippen molar-refractivity contribution in [3.63, 3.8) is 0 Å². The zero-order valence-electron chi connectivity index (χ0n) is 19.6. The molecule has 1 aromatic carbocycles. The summed E-state index contributed by atoms with van der Waals surface area (Å²) in [6.45, 7) is 3.80. The number of nitrogens with one attached hydrogen (secondary N) is 2. The minimum Gasteiger partial charge on any atom is -0.378 e. The van der Waals surface area contributed by atoms with E-state index in [1.807, 2.05) is 53.3 Å². The van der Waals surface area contributed by atoms with Gasteiger partial charge in [0.05, 0.1) is 42.7 Å². The number of fused-ring (bicyclic) bond motifs is 1. The minimum absolute atomic E-state index is 0.190. The Hall–Kier alpha value is -4.50. The summed E-state index contributed by atoms with van der Waals surface area (Å²) in [5, 5.41) is 9.16. The number of nitrogens with zero attached hydrogens (tertiary/aromatic N) is 5. The standard InChI is InChI=1S/C27H25N7O2/c35-27-25-19(8-10-29-27)15-24(20-16-30-34(17-20)18-22-3-1-2-9-28-22)32-26(25)31-21-4-6-23(7-5-21)33-11-13-36-14-12-33/h1-10,15-17H,11-14,18H2,(H,29,35)(H,31,32). The van der Waals surface area contributed by atoms with Crippen LogP contribution in [0.15, 0.2) is 84.2 Å². The average Bonchev–Trinajstić information content (AvgIpc) is 3.39. The van der Waals surface area contributed by atoms with Crippen molar-refractivity contribution in [3.8, 4) is 11.3 Å². The van der Waals surface area contributed by atoms with E-state index < -0.39 is 0 Å². The van der Waals surface area contributed by atoms with Crippen LogP contribution >= 0.6 is 0 Å². The van der Waals surface area contributed by atoms with Crippen LogP contribution in [0.5, 0.6) is 0 Å². The minimum atomic E-state index is -0.190. The molecule has 0 amide bonds. The van der Waals surface area contributed by atoms with Crippen LogP contribution in [0.2, 0.25) is 0 Å². The Bertz CT molecular complexity index is 1540. The summed E-state index contributed by atoms with van der Waals surface area (Å²) in [6.07, 6.45) is 7.15. The maximum absolute atomic E-state index is 12.7. The average molecular weight is 480 g/mol. The molecule has 0 spiro atoms. The molecule has 9 nitrogen and oxygen atoms in total. The van der Waals surface area contributed by atoms with Gasteiger partial charge in [-0.15, -0.1) is 0 Å². The maximum atomic E-state index is 12.7. The van der Waals surface area contributed by atoms with Crippen LogP contribution in [0, 0.1) is 0 Å². The molecule has 1 aliphatic rings. The number of morpholine rings is 1. The van der Waals surface area contributed by atoms with Crippen molar-refractivity contribution in [2.24, 2.45) is 0 Å². The van der Waals surface area contributed by atoms with Crippen LogP contribution in [0.1, 0.15) is 5.69 Å². The predicted octanol–water partition coefficient (Wildman–Crippen LogP) is 3.81. The molecule has 1 aliphatic heterocycles. The summed E-state index contributed by atoms with van der Waals surface area (Å²) in [4.78, 5) is 27.0. The van der Waals surface area contributed by atoms with Crippen molar-refractivity contribution in [3.05, 3.63) is 95.4 Å². The Morgan fingerprint density at radius 2 is 1.92 bits per heavy atom. The normalized spacial score (nSPS) is 13.7. The van der Waals surface area contributed by atoms with Gasteiger partial charge in [-0.1, -0.05) is 6.07 Å². The van der Waals surface area contributed by atoms with Crippen LogP contribution in [0.25, 0.3) is 22.0 Å². The lowest BCUT2D eigenvalue weighted by atomic mass is 10.1. The van der Waals surface area contributed by atoms with Crippen LogP contribution in [0.4, 0.5) is 17.2 Å². The molecule has 5 heterocycles. The molecule has 6 rings (SSSR count). The molecule has 0 atom stereocenters. The first kappa shape index (κ1) is 22.0. The molecule has 9 heteroatoms. The fraction of sp³-hybridized carbons (Fsp3) is 0.185. The Labute approximate surface area is 207 Å². The zero-order chi connectivity index (χ0) is 24.3. The van der Waals surface area contributed by atoms with Gasteiger partial charge in [-0.05, 0) is 53.9 Å². The molecule has 0 radical (unpaired) electrons. The highest BCUT2D eigenvalue weighted by atomic mass is 16.5. The first-order valence-corrected chi connectivity index (χ1v) is 11.9. The largest absolute Gasteiger partial charge is 0.378 e. The van der Waals surface area contributed by atoms with E-state index in [1.165, 1.54) is 0 Å². The third kappa shape index (κ3) is 4.56. The smallest absolute Gasteiger partial charge is 0.259 e. The Balaban J connectivity index is 1.32. The fourth-order valence-corrected chi connectivity index (χ4v) is 4.41. The van der Waals surface area contributed by atoms with Crippen molar-refractivity contribution in [1.82, 2.24) is 24.7 Å². The molecule has 0 saturated carbocycles. The number of pyridine rings is 3. The number of aromatic nitrogens is 5. The van der Waals surface area contributed by atoms with Crippen LogP contribution in [-0.2, 0) is 11.3 Å². The molecule has 180 valence electrons. The second-order valence-electron chi connectivity index (χ2n) is 8.65. The fourth-order valence-electron chi connectivity index (χ4n) is 4.41. The first-order chi connectivity index (χ1) is 17.7. The van der Waals surface area contributed by atoms with Gasteiger partial charge in [-0.3, -0.25) is 14.5 Å². The van der Waals surface area contributed by atoms with E-state index in [9.17, 15) is 4.79 Å². The van der Waals surface area contributed by atoms with E-state index in [0.717, 1.165) is 60.0 Å². The maximum Gasteiger partial charge on any atom is 0.259 e. The van der Waals surface area contributed by atoms with Gasteiger partial charge in [0.2, 0.25) is 0 Å². The van der Waals surface area contributed by atoms with Crippen LogP contribution in [0.3, 0.4) is 0 Å². The molecule has 4 aromatic heterocycles. The summed E-state index contributed by atoms with van der Waals surface area (Å²) in [6, 6.07) is 17.8. The number of ether oxygens (including phenoxy) is 1. The first-order valence-electron chi connectivity index (χ1n) is 11.9. The van der Waals surface area contributed by atoms with Crippen molar-refractivity contribution in [2.75, 3.05) is 36.5 Å². The Kier molecular flexibility index (Phi) is 5.88. The topological polar surface area (TPSA) is 101 Å². The molecule has 5 aromatic rings. The van der Waals surface area contributed by atoms with Gasteiger partial charge in [-0.2, -0.15) is 5.10 Å². The molecule has 36 heavy (non-hydrogen) atoms. The molecule has 0 bridgehead atoms. The van der Waals surface area contributed by atoms with Gasteiger partial charge < -0.3 is 19.9 Å². The van der Waals surface area contributed by atoms with Crippen LogP contribution < -0.4 is 15.8 Å². The van der Waals surface area contributed by atoms with Crippen molar-refractivity contribution in [2.45, 2.75) is 6.54 Å².